The summed E-state index contributed by atoms with van der Waals surface area (Å²) in [5.74, 6) is -1.66. The molecule has 17 heavy (non-hydrogen) atoms. The number of aromatic nitrogens is 1. The zero-order chi connectivity index (χ0) is 12.3. The predicted octanol–water partition coefficient (Wildman–Crippen LogP) is 2.51. The molecule has 3 nitrogen and oxygen atoms in total. The van der Waals surface area contributed by atoms with Crippen LogP contribution in [0.25, 0.3) is 11.3 Å². The first-order valence-corrected chi connectivity index (χ1v) is 5.09. The third kappa shape index (κ3) is 2.87. The lowest BCUT2D eigenvalue weighted by Crippen LogP contribution is -2.02. The summed E-state index contributed by atoms with van der Waals surface area (Å²) in [5.41, 5.74) is 1.62. The lowest BCUT2D eigenvalue weighted by atomic mass is 10.1. The van der Waals surface area contributed by atoms with Gasteiger partial charge >= 0.3 is 5.97 Å². The molecule has 0 bridgehead atoms. The minimum absolute atomic E-state index is 0.209. The Bertz CT molecular complexity index is 540. The van der Waals surface area contributed by atoms with Crippen molar-refractivity contribution in [2.24, 2.45) is 0 Å². The molecule has 2 aromatic rings. The molecule has 1 aromatic carbocycles. The Morgan fingerprint density at radius 2 is 1.94 bits per heavy atom. The SMILES string of the molecule is O=C(O)Cc1cc(F)nc(-c2ccccc2)c1. The van der Waals surface area contributed by atoms with E-state index in [1.54, 1.807) is 18.2 Å². The maximum absolute atomic E-state index is 13.3. The van der Waals surface area contributed by atoms with E-state index < -0.39 is 11.9 Å². The van der Waals surface area contributed by atoms with E-state index in [-0.39, 0.29) is 6.42 Å². The summed E-state index contributed by atoms with van der Waals surface area (Å²) in [4.78, 5) is 14.3. The summed E-state index contributed by atoms with van der Waals surface area (Å²) in [6.07, 6.45) is -0.209. The number of halogens is 1. The van der Waals surface area contributed by atoms with Crippen molar-refractivity contribution in [1.82, 2.24) is 4.98 Å². The Labute approximate surface area is 97.6 Å². The van der Waals surface area contributed by atoms with Crippen molar-refractivity contribution in [3.63, 3.8) is 0 Å². The van der Waals surface area contributed by atoms with Crippen molar-refractivity contribution in [3.05, 3.63) is 54.0 Å². The van der Waals surface area contributed by atoms with Crippen LogP contribution in [0.3, 0.4) is 0 Å². The van der Waals surface area contributed by atoms with E-state index in [1.807, 2.05) is 18.2 Å². The van der Waals surface area contributed by atoms with Crippen LogP contribution in [0.4, 0.5) is 4.39 Å². The number of pyridine rings is 1. The first kappa shape index (κ1) is 11.3. The van der Waals surface area contributed by atoms with Crippen molar-refractivity contribution in [3.8, 4) is 11.3 Å². The van der Waals surface area contributed by atoms with Crippen LogP contribution in [-0.4, -0.2) is 16.1 Å². The number of carboxylic acids is 1. The standard InChI is InChI=1S/C13H10FNO2/c14-12-7-9(8-13(16)17)6-11(15-12)10-4-2-1-3-5-10/h1-7H,8H2,(H,16,17). The van der Waals surface area contributed by atoms with Crippen LogP contribution in [0, 0.1) is 5.95 Å². The van der Waals surface area contributed by atoms with Crippen LogP contribution in [0.15, 0.2) is 42.5 Å². The summed E-state index contributed by atoms with van der Waals surface area (Å²) in [6, 6.07) is 11.8. The van der Waals surface area contributed by atoms with Gasteiger partial charge in [0.2, 0.25) is 5.95 Å². The summed E-state index contributed by atoms with van der Waals surface area (Å²) in [6.45, 7) is 0. The van der Waals surface area contributed by atoms with E-state index in [0.717, 1.165) is 11.6 Å². The molecule has 0 atom stereocenters. The van der Waals surface area contributed by atoms with Crippen LogP contribution in [0.5, 0.6) is 0 Å². The molecule has 1 N–H and O–H groups in total. The fraction of sp³-hybridized carbons (Fsp3) is 0.0769. The molecule has 1 heterocycles. The minimum Gasteiger partial charge on any atom is -0.481 e. The number of benzene rings is 1. The molecule has 0 aliphatic heterocycles. The molecule has 4 heteroatoms. The predicted molar refractivity (Wildman–Crippen MR) is 61.0 cm³/mol. The molecule has 0 aliphatic carbocycles. The number of hydrogen-bond donors (Lipinski definition) is 1. The van der Waals surface area contributed by atoms with Gasteiger partial charge in [-0.3, -0.25) is 4.79 Å². The van der Waals surface area contributed by atoms with Crippen LogP contribution < -0.4 is 0 Å². The Kier molecular flexibility index (Phi) is 3.14. The van der Waals surface area contributed by atoms with Crippen LogP contribution >= 0.6 is 0 Å². The highest BCUT2D eigenvalue weighted by Gasteiger charge is 2.07. The molecule has 0 aliphatic rings. The lowest BCUT2D eigenvalue weighted by Gasteiger charge is -2.03. The lowest BCUT2D eigenvalue weighted by molar-refractivity contribution is -0.136. The number of carboxylic acid groups (broad SMARTS) is 1. The summed E-state index contributed by atoms with van der Waals surface area (Å²) in [7, 11) is 0. The average molecular weight is 231 g/mol. The largest absolute Gasteiger partial charge is 0.481 e. The summed E-state index contributed by atoms with van der Waals surface area (Å²) >= 11 is 0. The molecule has 0 spiro atoms. The number of carbonyl (C=O) groups is 1. The average Bonchev–Trinajstić information content (AvgIpc) is 2.28. The zero-order valence-corrected chi connectivity index (χ0v) is 8.93. The van der Waals surface area contributed by atoms with Crippen molar-refractivity contribution in [2.45, 2.75) is 6.42 Å². The first-order valence-electron chi connectivity index (χ1n) is 5.09. The van der Waals surface area contributed by atoms with Crippen molar-refractivity contribution in [2.75, 3.05) is 0 Å². The Hall–Kier alpha value is -2.23. The molecule has 0 saturated carbocycles. The van der Waals surface area contributed by atoms with Crippen LogP contribution in [-0.2, 0) is 11.2 Å². The zero-order valence-electron chi connectivity index (χ0n) is 8.93. The normalized spacial score (nSPS) is 10.2. The second kappa shape index (κ2) is 4.74. The fourth-order valence-corrected chi connectivity index (χ4v) is 1.58. The van der Waals surface area contributed by atoms with E-state index in [1.165, 1.54) is 0 Å². The highest BCUT2D eigenvalue weighted by atomic mass is 19.1. The molecule has 2 rings (SSSR count). The number of aliphatic carboxylic acids is 1. The molecule has 86 valence electrons. The van der Waals surface area contributed by atoms with Gasteiger partial charge in [0.15, 0.2) is 0 Å². The first-order chi connectivity index (χ1) is 8.15. The van der Waals surface area contributed by atoms with Crippen molar-refractivity contribution < 1.29 is 14.3 Å². The van der Waals surface area contributed by atoms with E-state index in [9.17, 15) is 9.18 Å². The maximum Gasteiger partial charge on any atom is 0.307 e. The van der Waals surface area contributed by atoms with Crippen LogP contribution in [0.1, 0.15) is 5.56 Å². The number of nitrogens with zero attached hydrogens (tertiary/aromatic N) is 1. The Balaban J connectivity index is 2.42. The van der Waals surface area contributed by atoms with E-state index in [2.05, 4.69) is 4.98 Å². The minimum atomic E-state index is -0.991. The maximum atomic E-state index is 13.3. The topological polar surface area (TPSA) is 50.2 Å². The molecule has 0 fully saturated rings. The van der Waals surface area contributed by atoms with Gasteiger partial charge in [0.1, 0.15) is 0 Å². The second-order valence-corrected chi connectivity index (χ2v) is 3.62. The molecule has 0 saturated heterocycles. The molecule has 0 amide bonds. The highest BCUT2D eigenvalue weighted by Crippen LogP contribution is 2.18. The molecule has 0 unspecified atom stereocenters. The van der Waals surface area contributed by atoms with Crippen molar-refractivity contribution >= 4 is 5.97 Å². The molecular weight excluding hydrogens is 221 g/mol. The smallest absolute Gasteiger partial charge is 0.307 e. The fourth-order valence-electron chi connectivity index (χ4n) is 1.58. The van der Waals surface area contributed by atoms with Gasteiger partial charge in [-0.25, -0.2) is 4.98 Å². The quantitative estimate of drug-likeness (QED) is 0.826. The molecule has 0 radical (unpaired) electrons. The second-order valence-electron chi connectivity index (χ2n) is 3.62. The Morgan fingerprint density at radius 3 is 2.59 bits per heavy atom. The van der Waals surface area contributed by atoms with Crippen LogP contribution in [0.2, 0.25) is 0 Å². The van der Waals surface area contributed by atoms with E-state index in [4.69, 9.17) is 5.11 Å². The van der Waals surface area contributed by atoms with Gasteiger partial charge in [0.25, 0.3) is 0 Å². The highest BCUT2D eigenvalue weighted by molar-refractivity contribution is 5.71. The van der Waals surface area contributed by atoms with Crippen molar-refractivity contribution in [1.29, 1.82) is 0 Å². The van der Waals surface area contributed by atoms with Gasteiger partial charge in [-0.05, 0) is 17.7 Å². The number of rotatable bonds is 3. The van der Waals surface area contributed by atoms with Gasteiger partial charge in [0.05, 0.1) is 12.1 Å². The summed E-state index contributed by atoms with van der Waals surface area (Å²) < 4.78 is 13.3. The van der Waals surface area contributed by atoms with E-state index in [0.29, 0.717) is 11.3 Å². The summed E-state index contributed by atoms with van der Waals surface area (Å²) in [5, 5.41) is 8.68. The van der Waals surface area contributed by atoms with Gasteiger partial charge < -0.3 is 5.11 Å². The van der Waals surface area contributed by atoms with Gasteiger partial charge in [-0.1, -0.05) is 30.3 Å². The third-order valence-electron chi connectivity index (χ3n) is 2.28. The third-order valence-corrected chi connectivity index (χ3v) is 2.28. The molecule has 1 aromatic heterocycles. The molecular formula is C13H10FNO2. The Morgan fingerprint density at radius 1 is 1.24 bits per heavy atom. The monoisotopic (exact) mass is 231 g/mol. The number of hydrogen-bond acceptors (Lipinski definition) is 2. The van der Waals surface area contributed by atoms with Gasteiger partial charge in [-0.15, -0.1) is 0 Å². The van der Waals surface area contributed by atoms with Gasteiger partial charge in [-0.2, -0.15) is 4.39 Å². The van der Waals surface area contributed by atoms with Gasteiger partial charge in [0, 0.05) is 5.56 Å². The van der Waals surface area contributed by atoms with E-state index >= 15 is 0 Å².